The molecule has 31 heavy (non-hydrogen) atoms. The van der Waals surface area contributed by atoms with Crippen LogP contribution in [-0.2, 0) is 10.0 Å². The second kappa shape index (κ2) is 8.63. The van der Waals surface area contributed by atoms with Crippen LogP contribution in [0.15, 0.2) is 90.0 Å². The quantitative estimate of drug-likeness (QED) is 0.370. The largest absolute Gasteiger partial charge is 0.361 e. The van der Waals surface area contributed by atoms with Crippen molar-refractivity contribution >= 4 is 32.6 Å². The Morgan fingerprint density at radius 1 is 0.935 bits per heavy atom. The molecule has 0 radical (unpaired) electrons. The number of hydrogen-bond donors (Lipinski definition) is 4. The number of anilines is 1. The van der Waals surface area contributed by atoms with Crippen LogP contribution in [0.2, 0.25) is 0 Å². The Bertz CT molecular complexity index is 1300. The number of primary sulfonamides is 1. The van der Waals surface area contributed by atoms with E-state index in [-0.39, 0.29) is 16.8 Å². The van der Waals surface area contributed by atoms with Crippen LogP contribution >= 0.6 is 0 Å². The lowest BCUT2D eigenvalue weighted by atomic mass is 9.91. The molecule has 2 amide bonds. The molecule has 1 aromatic heterocycles. The molecule has 158 valence electrons. The smallest absolute Gasteiger partial charge is 0.319 e. The summed E-state index contributed by atoms with van der Waals surface area (Å²) in [6.07, 6.45) is 1.98. The van der Waals surface area contributed by atoms with Crippen molar-refractivity contribution in [1.29, 1.82) is 0 Å². The van der Waals surface area contributed by atoms with Crippen molar-refractivity contribution < 1.29 is 13.2 Å². The van der Waals surface area contributed by atoms with Crippen LogP contribution in [0, 0.1) is 0 Å². The summed E-state index contributed by atoms with van der Waals surface area (Å²) >= 11 is 0. The van der Waals surface area contributed by atoms with Gasteiger partial charge in [-0.3, -0.25) is 0 Å². The molecule has 4 aromatic rings. The third kappa shape index (κ3) is 4.76. The molecular formula is C23H22N4O3S. The number of para-hydroxylation sites is 1. The molecule has 4 rings (SSSR count). The fourth-order valence-electron chi connectivity index (χ4n) is 3.57. The monoisotopic (exact) mass is 434 g/mol. The molecule has 0 fully saturated rings. The van der Waals surface area contributed by atoms with Crippen molar-refractivity contribution in [2.75, 3.05) is 11.9 Å². The van der Waals surface area contributed by atoms with Crippen LogP contribution in [0.5, 0.6) is 0 Å². The number of urea groups is 1. The lowest BCUT2D eigenvalue weighted by Crippen LogP contribution is -2.32. The van der Waals surface area contributed by atoms with E-state index in [2.05, 4.69) is 21.7 Å². The van der Waals surface area contributed by atoms with Gasteiger partial charge in [-0.15, -0.1) is 0 Å². The van der Waals surface area contributed by atoms with Gasteiger partial charge in [0.2, 0.25) is 10.0 Å². The summed E-state index contributed by atoms with van der Waals surface area (Å²) in [5.74, 6) is -0.0483. The first-order chi connectivity index (χ1) is 14.9. The number of nitrogens with two attached hydrogens (primary N) is 1. The minimum absolute atomic E-state index is 0.0121. The van der Waals surface area contributed by atoms with Gasteiger partial charge in [0, 0.05) is 35.2 Å². The Balaban J connectivity index is 1.51. The standard InChI is InChI=1S/C23H22N4O3S/c24-31(29,30)18-12-10-17(11-13-18)27-23(28)26-14-20(16-6-2-1-3-7-16)21-15-25-22-9-5-4-8-19(21)22/h1-13,15,20,25H,14H2,(H2,24,29,30)(H2,26,27,28). The zero-order chi connectivity index (χ0) is 21.8. The molecular weight excluding hydrogens is 412 g/mol. The molecule has 5 N–H and O–H groups in total. The SMILES string of the molecule is NS(=O)(=O)c1ccc(NC(=O)NCC(c2ccccc2)c2c[nH]c3ccccc23)cc1. The third-order valence-electron chi connectivity index (χ3n) is 5.11. The molecule has 0 saturated heterocycles. The van der Waals surface area contributed by atoms with E-state index in [9.17, 15) is 13.2 Å². The number of benzene rings is 3. The number of carbonyl (C=O) groups excluding carboxylic acids is 1. The van der Waals surface area contributed by atoms with Crippen molar-refractivity contribution in [2.45, 2.75) is 10.8 Å². The number of rotatable bonds is 6. The first-order valence-electron chi connectivity index (χ1n) is 9.70. The summed E-state index contributed by atoms with van der Waals surface area (Å²) in [5, 5.41) is 11.8. The number of aromatic amines is 1. The molecule has 7 nitrogen and oxygen atoms in total. The predicted molar refractivity (Wildman–Crippen MR) is 121 cm³/mol. The Labute approximate surface area is 180 Å². The molecule has 1 unspecified atom stereocenters. The van der Waals surface area contributed by atoms with Crippen LogP contribution in [0.1, 0.15) is 17.0 Å². The Morgan fingerprint density at radius 2 is 1.61 bits per heavy atom. The highest BCUT2D eigenvalue weighted by molar-refractivity contribution is 7.89. The number of H-pyrrole nitrogens is 1. The summed E-state index contributed by atoms with van der Waals surface area (Å²) in [6.45, 7) is 0.382. The van der Waals surface area contributed by atoms with Crippen molar-refractivity contribution in [3.8, 4) is 0 Å². The first kappa shape index (κ1) is 20.6. The van der Waals surface area contributed by atoms with Crippen LogP contribution in [0.3, 0.4) is 0 Å². The zero-order valence-corrected chi connectivity index (χ0v) is 17.4. The highest BCUT2D eigenvalue weighted by Gasteiger charge is 2.19. The van der Waals surface area contributed by atoms with Crippen LogP contribution in [0.4, 0.5) is 10.5 Å². The van der Waals surface area contributed by atoms with E-state index in [0.29, 0.717) is 12.2 Å². The Kier molecular flexibility index (Phi) is 5.75. The Hall–Kier alpha value is -3.62. The summed E-state index contributed by atoms with van der Waals surface area (Å²) in [7, 11) is -3.77. The summed E-state index contributed by atoms with van der Waals surface area (Å²) < 4.78 is 22.7. The van der Waals surface area contributed by atoms with Crippen molar-refractivity contribution in [3.63, 3.8) is 0 Å². The molecule has 1 atom stereocenters. The van der Waals surface area contributed by atoms with Crippen LogP contribution in [0.25, 0.3) is 10.9 Å². The topological polar surface area (TPSA) is 117 Å². The number of amides is 2. The molecule has 0 aliphatic carbocycles. The molecule has 0 spiro atoms. The van der Waals surface area contributed by atoms with Gasteiger partial charge in [0.1, 0.15) is 0 Å². The molecule has 0 aliphatic rings. The van der Waals surface area contributed by atoms with Crippen molar-refractivity contribution in [2.24, 2.45) is 5.14 Å². The van der Waals surface area contributed by atoms with Gasteiger partial charge in [-0.2, -0.15) is 0 Å². The second-order valence-corrected chi connectivity index (χ2v) is 8.72. The highest BCUT2D eigenvalue weighted by Crippen LogP contribution is 2.30. The lowest BCUT2D eigenvalue weighted by molar-refractivity contribution is 0.252. The number of carbonyl (C=O) groups is 1. The normalized spacial score (nSPS) is 12.4. The highest BCUT2D eigenvalue weighted by atomic mass is 32.2. The number of hydrogen-bond acceptors (Lipinski definition) is 3. The fourth-order valence-corrected chi connectivity index (χ4v) is 4.09. The number of nitrogens with one attached hydrogen (secondary N) is 3. The number of sulfonamides is 1. The maximum atomic E-state index is 12.5. The molecule has 0 bridgehead atoms. The van der Waals surface area contributed by atoms with E-state index in [1.54, 1.807) is 0 Å². The van der Waals surface area contributed by atoms with E-state index >= 15 is 0 Å². The number of fused-ring (bicyclic) bond motifs is 1. The van der Waals surface area contributed by atoms with E-state index in [1.807, 2.05) is 54.7 Å². The van der Waals surface area contributed by atoms with Gasteiger partial charge in [-0.1, -0.05) is 48.5 Å². The number of aromatic nitrogens is 1. The summed E-state index contributed by atoms with van der Waals surface area (Å²) in [5.41, 5.74) is 3.69. The van der Waals surface area contributed by atoms with Gasteiger partial charge >= 0.3 is 6.03 Å². The van der Waals surface area contributed by atoms with Gasteiger partial charge in [0.15, 0.2) is 0 Å². The maximum Gasteiger partial charge on any atom is 0.319 e. The molecule has 0 aliphatic heterocycles. The third-order valence-corrected chi connectivity index (χ3v) is 6.04. The fraction of sp³-hybridized carbons (Fsp3) is 0.0870. The van der Waals surface area contributed by atoms with Crippen molar-refractivity contribution in [1.82, 2.24) is 10.3 Å². The summed E-state index contributed by atoms with van der Waals surface area (Å²) in [6, 6.07) is 23.3. The minimum atomic E-state index is -3.77. The van der Waals surface area contributed by atoms with Crippen LogP contribution in [-0.4, -0.2) is 26.0 Å². The van der Waals surface area contributed by atoms with E-state index in [1.165, 1.54) is 24.3 Å². The summed E-state index contributed by atoms with van der Waals surface area (Å²) in [4.78, 5) is 15.8. The molecule has 3 aromatic carbocycles. The van der Waals surface area contributed by atoms with Gasteiger partial charge in [-0.05, 0) is 41.5 Å². The van der Waals surface area contributed by atoms with E-state index in [4.69, 9.17) is 5.14 Å². The van der Waals surface area contributed by atoms with Gasteiger partial charge in [0.05, 0.1) is 4.90 Å². The van der Waals surface area contributed by atoms with Crippen LogP contribution < -0.4 is 15.8 Å². The second-order valence-electron chi connectivity index (χ2n) is 7.16. The van der Waals surface area contributed by atoms with Crippen molar-refractivity contribution in [3.05, 3.63) is 96.2 Å². The minimum Gasteiger partial charge on any atom is -0.361 e. The first-order valence-corrected chi connectivity index (χ1v) is 11.2. The molecule has 0 saturated carbocycles. The molecule has 8 heteroatoms. The van der Waals surface area contributed by atoms with Gasteiger partial charge in [0.25, 0.3) is 0 Å². The average Bonchev–Trinajstić information content (AvgIpc) is 3.18. The van der Waals surface area contributed by atoms with Gasteiger partial charge < -0.3 is 15.6 Å². The maximum absolute atomic E-state index is 12.5. The average molecular weight is 435 g/mol. The molecule has 1 heterocycles. The Morgan fingerprint density at radius 3 is 2.32 bits per heavy atom. The zero-order valence-electron chi connectivity index (χ0n) is 16.6. The van der Waals surface area contributed by atoms with E-state index in [0.717, 1.165) is 22.0 Å². The predicted octanol–water partition coefficient (Wildman–Crippen LogP) is 3.77. The van der Waals surface area contributed by atoms with E-state index < -0.39 is 10.0 Å². The van der Waals surface area contributed by atoms with Gasteiger partial charge in [-0.25, -0.2) is 18.4 Å². The lowest BCUT2D eigenvalue weighted by Gasteiger charge is -2.18.